The Morgan fingerprint density at radius 2 is 2.26 bits per heavy atom. The van der Waals surface area contributed by atoms with Crippen LogP contribution in [0.4, 0.5) is 0 Å². The highest BCUT2D eigenvalue weighted by molar-refractivity contribution is 5.93. The molecule has 3 heterocycles. The minimum Gasteiger partial charge on any atom is -0.493 e. The van der Waals surface area contributed by atoms with E-state index in [0.717, 1.165) is 36.5 Å². The zero-order valence-electron chi connectivity index (χ0n) is 15.9. The largest absolute Gasteiger partial charge is 0.493 e. The molecule has 5 rings (SSSR count). The quantitative estimate of drug-likeness (QED) is 0.748. The van der Waals surface area contributed by atoms with Crippen molar-refractivity contribution in [1.82, 2.24) is 15.6 Å². The van der Waals surface area contributed by atoms with Gasteiger partial charge in [-0.3, -0.25) is 4.79 Å². The second-order valence-corrected chi connectivity index (χ2v) is 7.92. The Bertz CT molecular complexity index is 787. The second kappa shape index (κ2) is 7.72. The van der Waals surface area contributed by atoms with E-state index < -0.39 is 0 Å². The molecule has 2 N–H and O–H groups in total. The van der Waals surface area contributed by atoms with Crippen molar-refractivity contribution in [3.63, 3.8) is 0 Å². The van der Waals surface area contributed by atoms with Crippen molar-refractivity contribution in [2.24, 2.45) is 11.8 Å². The highest BCUT2D eigenvalue weighted by Gasteiger charge is 2.50. The van der Waals surface area contributed by atoms with Crippen LogP contribution in [0.15, 0.2) is 35.1 Å². The van der Waals surface area contributed by atoms with Gasteiger partial charge in [-0.1, -0.05) is 32.0 Å². The highest BCUT2D eigenvalue weighted by Crippen LogP contribution is 2.47. The normalized spacial score (nSPS) is 23.3. The number of fused-ring (bicyclic) bond motifs is 1. The molecule has 0 spiro atoms. The molecule has 1 aromatic heterocycles. The van der Waals surface area contributed by atoms with Crippen molar-refractivity contribution in [3.05, 3.63) is 47.7 Å². The smallest absolute Gasteiger partial charge is 0.273 e. The van der Waals surface area contributed by atoms with E-state index in [4.69, 9.17) is 9.15 Å². The monoisotopic (exact) mass is 369 g/mol. The summed E-state index contributed by atoms with van der Waals surface area (Å²) in [5, 5.41) is 6.43. The number of hydrogen-bond donors (Lipinski definition) is 2. The van der Waals surface area contributed by atoms with Gasteiger partial charge in [-0.2, -0.15) is 0 Å². The molecule has 6 heteroatoms. The molecule has 2 aromatic rings. The van der Waals surface area contributed by atoms with Crippen LogP contribution in [-0.4, -0.2) is 30.1 Å². The lowest BCUT2D eigenvalue weighted by Crippen LogP contribution is -2.36. The van der Waals surface area contributed by atoms with Gasteiger partial charge in [0.2, 0.25) is 0 Å². The number of benzene rings is 1. The van der Waals surface area contributed by atoms with E-state index in [-0.39, 0.29) is 11.8 Å². The Labute approximate surface area is 159 Å². The van der Waals surface area contributed by atoms with Gasteiger partial charge in [-0.25, -0.2) is 4.98 Å². The number of nitrogens with one attached hydrogen (secondary N) is 2. The summed E-state index contributed by atoms with van der Waals surface area (Å²) in [4.78, 5) is 16.9. The summed E-state index contributed by atoms with van der Waals surface area (Å²) in [6.07, 6.45) is 3.54. The molecule has 2 saturated heterocycles. The Morgan fingerprint density at radius 3 is 3.00 bits per heavy atom. The molecule has 1 aliphatic carbocycles. The predicted molar refractivity (Wildman–Crippen MR) is 102 cm³/mol. The summed E-state index contributed by atoms with van der Waals surface area (Å²) in [5.41, 5.74) is 1.38. The Morgan fingerprint density at radius 1 is 1.41 bits per heavy atom. The van der Waals surface area contributed by atoms with Crippen LogP contribution in [0.2, 0.25) is 0 Å². The summed E-state index contributed by atoms with van der Waals surface area (Å²) in [5.74, 6) is 2.78. The Kier molecular flexibility index (Phi) is 5.16. The van der Waals surface area contributed by atoms with Crippen LogP contribution in [-0.2, 0) is 6.54 Å². The molecule has 3 unspecified atom stereocenters. The topological polar surface area (TPSA) is 76.4 Å². The maximum atomic E-state index is 12.7. The fourth-order valence-corrected chi connectivity index (χ4v) is 3.99. The molecule has 1 saturated carbocycles. The van der Waals surface area contributed by atoms with E-state index in [1.165, 1.54) is 6.39 Å². The molecular formula is C21H27N3O3. The fourth-order valence-electron chi connectivity index (χ4n) is 3.99. The number of amides is 1. The van der Waals surface area contributed by atoms with Crippen LogP contribution >= 0.6 is 0 Å². The third-order valence-corrected chi connectivity index (χ3v) is 5.62. The molecule has 144 valence electrons. The number of carbonyl (C=O) groups excluding carboxylic acids is 1. The van der Waals surface area contributed by atoms with E-state index in [1.54, 1.807) is 0 Å². The number of nitrogens with zero attached hydrogens (tertiary/aromatic N) is 1. The predicted octanol–water partition coefficient (Wildman–Crippen LogP) is 3.10. The molecule has 2 aliphatic heterocycles. The van der Waals surface area contributed by atoms with E-state index in [1.807, 2.05) is 24.3 Å². The number of aromatic nitrogens is 1. The molecule has 1 amide bonds. The van der Waals surface area contributed by atoms with Crippen molar-refractivity contribution in [3.8, 4) is 5.75 Å². The lowest BCUT2D eigenvalue weighted by molar-refractivity contribution is 0.0941. The Hall–Kier alpha value is -2.34. The summed E-state index contributed by atoms with van der Waals surface area (Å²) in [6.45, 7) is 6.42. The number of para-hydroxylation sites is 1. The van der Waals surface area contributed by atoms with Crippen molar-refractivity contribution < 1.29 is 13.9 Å². The van der Waals surface area contributed by atoms with Crippen LogP contribution < -0.4 is 15.4 Å². The van der Waals surface area contributed by atoms with E-state index in [0.29, 0.717) is 36.7 Å². The molecule has 3 fully saturated rings. The molecule has 27 heavy (non-hydrogen) atoms. The van der Waals surface area contributed by atoms with Gasteiger partial charge in [-0.15, -0.1) is 0 Å². The molecule has 1 aromatic carbocycles. The number of hydrogen-bond acceptors (Lipinski definition) is 5. The first-order valence-corrected chi connectivity index (χ1v) is 9.79. The number of oxazole rings is 1. The van der Waals surface area contributed by atoms with Gasteiger partial charge in [0.25, 0.3) is 5.91 Å². The van der Waals surface area contributed by atoms with Crippen LogP contribution in [0.1, 0.15) is 54.4 Å². The lowest BCUT2D eigenvalue weighted by Gasteiger charge is -2.32. The summed E-state index contributed by atoms with van der Waals surface area (Å²) >= 11 is 0. The standard InChI is InChI=1S/C21H27N3O3/c1-13(2)7-8-26-17-6-4-3-5-14(17)10-23-21(25)19-20(27-12-24-19)18-15-9-16(18)22-11-15/h3-6,12-13,15-16,18,22H,7-11H2,1-2H3,(H,23,25). The first kappa shape index (κ1) is 18.0. The second-order valence-electron chi connectivity index (χ2n) is 7.92. The zero-order chi connectivity index (χ0) is 18.8. The molecule has 2 bridgehead atoms. The van der Waals surface area contributed by atoms with Crippen LogP contribution in [0, 0.1) is 11.8 Å². The van der Waals surface area contributed by atoms with Crippen molar-refractivity contribution in [1.29, 1.82) is 0 Å². The first-order valence-electron chi connectivity index (χ1n) is 9.79. The Balaban J connectivity index is 1.38. The average Bonchev–Trinajstić information content (AvgIpc) is 3.37. The lowest BCUT2D eigenvalue weighted by atomic mass is 9.72. The van der Waals surface area contributed by atoms with Crippen molar-refractivity contribution in [2.45, 2.75) is 45.2 Å². The van der Waals surface area contributed by atoms with Crippen molar-refractivity contribution >= 4 is 5.91 Å². The minimum atomic E-state index is -0.193. The molecule has 3 aliphatic rings. The van der Waals surface area contributed by atoms with Gasteiger partial charge in [-0.05, 0) is 37.3 Å². The molecule has 3 atom stereocenters. The zero-order valence-corrected chi connectivity index (χ0v) is 15.9. The third-order valence-electron chi connectivity index (χ3n) is 5.62. The SMILES string of the molecule is CC(C)CCOc1ccccc1CNC(=O)c1ncoc1C1C2CNC1C2. The van der Waals surface area contributed by atoms with Gasteiger partial charge in [0.15, 0.2) is 12.1 Å². The van der Waals surface area contributed by atoms with Crippen LogP contribution in [0.3, 0.4) is 0 Å². The third kappa shape index (κ3) is 3.72. The van der Waals surface area contributed by atoms with Gasteiger partial charge in [0, 0.05) is 24.1 Å². The maximum absolute atomic E-state index is 12.7. The number of rotatable bonds is 8. The number of ether oxygens (including phenoxy) is 1. The summed E-state index contributed by atoms with van der Waals surface area (Å²) in [7, 11) is 0. The van der Waals surface area contributed by atoms with Gasteiger partial charge in [0.05, 0.1) is 6.61 Å². The van der Waals surface area contributed by atoms with E-state index in [9.17, 15) is 4.79 Å². The first-order chi connectivity index (χ1) is 13.1. The van der Waals surface area contributed by atoms with Gasteiger partial charge < -0.3 is 19.8 Å². The van der Waals surface area contributed by atoms with Gasteiger partial charge >= 0.3 is 0 Å². The highest BCUT2D eigenvalue weighted by atomic mass is 16.5. The van der Waals surface area contributed by atoms with E-state index >= 15 is 0 Å². The molecular weight excluding hydrogens is 342 g/mol. The number of carbonyl (C=O) groups is 1. The van der Waals surface area contributed by atoms with Crippen molar-refractivity contribution in [2.75, 3.05) is 13.2 Å². The summed E-state index contributed by atoms with van der Waals surface area (Å²) in [6, 6.07) is 8.25. The van der Waals surface area contributed by atoms with E-state index in [2.05, 4.69) is 29.5 Å². The van der Waals surface area contributed by atoms with Crippen LogP contribution in [0.5, 0.6) is 5.75 Å². The molecule has 6 nitrogen and oxygen atoms in total. The van der Waals surface area contributed by atoms with Gasteiger partial charge in [0.1, 0.15) is 11.5 Å². The average molecular weight is 369 g/mol. The fraction of sp³-hybridized carbons (Fsp3) is 0.524. The maximum Gasteiger partial charge on any atom is 0.273 e. The van der Waals surface area contributed by atoms with Crippen LogP contribution in [0.25, 0.3) is 0 Å². The summed E-state index contributed by atoms with van der Waals surface area (Å²) < 4.78 is 11.5. The minimum absolute atomic E-state index is 0.193. The molecule has 0 radical (unpaired) electrons.